The molecule has 0 aromatic heterocycles. The van der Waals surface area contributed by atoms with Gasteiger partial charge in [0, 0.05) is 6.54 Å². The van der Waals surface area contributed by atoms with E-state index in [0.29, 0.717) is 18.8 Å². The van der Waals surface area contributed by atoms with Gasteiger partial charge in [0.1, 0.15) is 5.82 Å². The molecule has 0 spiro atoms. The third-order valence-corrected chi connectivity index (χ3v) is 4.40. The van der Waals surface area contributed by atoms with Crippen molar-refractivity contribution in [3.05, 3.63) is 29.6 Å². The zero-order chi connectivity index (χ0) is 14.8. The number of hydrogen-bond donors (Lipinski definition) is 2. The summed E-state index contributed by atoms with van der Waals surface area (Å²) in [4.78, 5) is 2.16. The van der Waals surface area contributed by atoms with E-state index in [9.17, 15) is 4.39 Å². The molecule has 0 bridgehead atoms. The molecule has 1 aliphatic heterocycles. The molecule has 114 valence electrons. The topological polar surface area (TPSA) is 71.1 Å². The van der Waals surface area contributed by atoms with Gasteiger partial charge in [-0.3, -0.25) is 0 Å². The van der Waals surface area contributed by atoms with Crippen LogP contribution in [0.15, 0.2) is 23.4 Å². The van der Waals surface area contributed by atoms with Gasteiger partial charge in [0.15, 0.2) is 5.84 Å². The molecule has 6 heteroatoms. The summed E-state index contributed by atoms with van der Waals surface area (Å²) in [5.41, 5.74) is 6.53. The molecule has 2 atom stereocenters. The monoisotopic (exact) mass is 293 g/mol. The van der Waals surface area contributed by atoms with Crippen LogP contribution < -0.4 is 10.6 Å². The Hall–Kier alpha value is -1.82. The van der Waals surface area contributed by atoms with E-state index >= 15 is 0 Å². The van der Waals surface area contributed by atoms with Crippen LogP contribution in [0.1, 0.15) is 31.2 Å². The van der Waals surface area contributed by atoms with Crippen molar-refractivity contribution in [3.63, 3.8) is 0 Å². The molecule has 5 nitrogen and oxygen atoms in total. The van der Waals surface area contributed by atoms with Gasteiger partial charge >= 0.3 is 0 Å². The normalized spacial score (nSPS) is 26.5. The van der Waals surface area contributed by atoms with E-state index < -0.39 is 5.82 Å². The van der Waals surface area contributed by atoms with E-state index in [2.05, 4.69) is 10.1 Å². The zero-order valence-electron chi connectivity index (χ0n) is 11.8. The molecule has 1 aliphatic carbocycles. The molecule has 2 aliphatic rings. The smallest absolute Gasteiger partial charge is 0.175 e. The molecule has 0 amide bonds. The van der Waals surface area contributed by atoms with Gasteiger partial charge in [0.2, 0.25) is 0 Å². The average Bonchev–Trinajstić information content (AvgIpc) is 2.53. The highest BCUT2D eigenvalue weighted by Crippen LogP contribution is 2.34. The lowest BCUT2D eigenvalue weighted by molar-refractivity contribution is -0.00871. The Morgan fingerprint density at radius 1 is 1.38 bits per heavy atom. The van der Waals surface area contributed by atoms with Crippen LogP contribution in [0.5, 0.6) is 0 Å². The minimum atomic E-state index is -0.471. The van der Waals surface area contributed by atoms with Crippen molar-refractivity contribution < 1.29 is 14.3 Å². The Morgan fingerprint density at radius 2 is 2.19 bits per heavy atom. The number of rotatable bonds is 2. The van der Waals surface area contributed by atoms with Gasteiger partial charge in [-0.25, -0.2) is 4.39 Å². The molecule has 1 saturated heterocycles. The van der Waals surface area contributed by atoms with Crippen LogP contribution in [0.3, 0.4) is 0 Å². The number of ether oxygens (including phenoxy) is 1. The summed E-state index contributed by atoms with van der Waals surface area (Å²) in [7, 11) is 0. The Labute approximate surface area is 123 Å². The maximum atomic E-state index is 14.1. The highest BCUT2D eigenvalue weighted by Gasteiger charge is 2.35. The first-order valence-corrected chi connectivity index (χ1v) is 7.37. The number of fused-ring (bicyclic) bond motifs is 1. The first kappa shape index (κ1) is 14.1. The van der Waals surface area contributed by atoms with Crippen LogP contribution in [0, 0.1) is 5.82 Å². The molecule has 0 radical (unpaired) electrons. The predicted molar refractivity (Wildman–Crippen MR) is 78.3 cm³/mol. The van der Waals surface area contributed by atoms with Gasteiger partial charge < -0.3 is 20.6 Å². The Balaban J connectivity index is 2.01. The summed E-state index contributed by atoms with van der Waals surface area (Å²) in [6.45, 7) is 1.31. The van der Waals surface area contributed by atoms with E-state index in [1.807, 2.05) is 6.07 Å². The number of hydrogen-bond acceptors (Lipinski definition) is 4. The molecule has 3 N–H and O–H groups in total. The molecular formula is C15H20FN3O2. The molecule has 3 rings (SSSR count). The number of nitrogens with two attached hydrogens (primary N) is 1. The maximum absolute atomic E-state index is 14.1. The number of nitrogens with zero attached hydrogens (tertiary/aromatic N) is 2. The summed E-state index contributed by atoms with van der Waals surface area (Å²) in [5.74, 6) is -0.663. The largest absolute Gasteiger partial charge is 0.409 e. The molecule has 1 aromatic carbocycles. The number of amidine groups is 1. The second kappa shape index (κ2) is 5.89. The molecule has 1 saturated carbocycles. The van der Waals surface area contributed by atoms with Crippen LogP contribution in [-0.4, -0.2) is 36.3 Å². The van der Waals surface area contributed by atoms with Crippen molar-refractivity contribution in [2.45, 2.75) is 37.8 Å². The van der Waals surface area contributed by atoms with Gasteiger partial charge in [0.05, 0.1) is 30.0 Å². The van der Waals surface area contributed by atoms with Crippen LogP contribution in [0.4, 0.5) is 10.1 Å². The van der Waals surface area contributed by atoms with Crippen molar-refractivity contribution in [3.8, 4) is 0 Å². The lowest BCUT2D eigenvalue weighted by Crippen LogP contribution is -2.53. The van der Waals surface area contributed by atoms with E-state index in [-0.39, 0.29) is 23.5 Å². The van der Waals surface area contributed by atoms with E-state index in [4.69, 9.17) is 15.7 Å². The van der Waals surface area contributed by atoms with Crippen molar-refractivity contribution in [1.29, 1.82) is 0 Å². The van der Waals surface area contributed by atoms with Crippen LogP contribution >= 0.6 is 0 Å². The Bertz CT molecular complexity index is 548. The molecule has 21 heavy (non-hydrogen) atoms. The average molecular weight is 293 g/mol. The van der Waals surface area contributed by atoms with E-state index in [1.54, 1.807) is 6.07 Å². The van der Waals surface area contributed by atoms with E-state index in [0.717, 1.165) is 19.3 Å². The lowest BCUT2D eigenvalue weighted by Gasteiger charge is -2.45. The summed E-state index contributed by atoms with van der Waals surface area (Å²) >= 11 is 0. The summed E-state index contributed by atoms with van der Waals surface area (Å²) in [6, 6.07) is 5.05. The van der Waals surface area contributed by atoms with Gasteiger partial charge in [-0.15, -0.1) is 0 Å². The summed E-state index contributed by atoms with van der Waals surface area (Å²) in [6.07, 6.45) is 4.57. The predicted octanol–water partition coefficient (Wildman–Crippen LogP) is 2.07. The van der Waals surface area contributed by atoms with Gasteiger partial charge in [-0.05, 0) is 25.0 Å². The van der Waals surface area contributed by atoms with Gasteiger partial charge in [0.25, 0.3) is 0 Å². The van der Waals surface area contributed by atoms with Gasteiger partial charge in [-0.1, -0.05) is 24.1 Å². The Morgan fingerprint density at radius 3 is 3.00 bits per heavy atom. The first-order chi connectivity index (χ1) is 10.2. The fraction of sp³-hybridized carbons (Fsp3) is 0.533. The van der Waals surface area contributed by atoms with E-state index in [1.165, 1.54) is 12.5 Å². The molecule has 1 aromatic rings. The molecular weight excluding hydrogens is 273 g/mol. The lowest BCUT2D eigenvalue weighted by atomic mass is 9.89. The summed E-state index contributed by atoms with van der Waals surface area (Å²) < 4.78 is 20.0. The van der Waals surface area contributed by atoms with Crippen molar-refractivity contribution in [2.24, 2.45) is 10.9 Å². The number of oxime groups is 1. The standard InChI is InChI=1S/C15H20FN3O2/c16-10-4-3-6-12(14(10)15(17)18-20)19-8-9-21-13-7-2-1-5-11(13)19/h3-4,6,11,13,20H,1-2,5,7-9H2,(H2,17,18). The van der Waals surface area contributed by atoms with Crippen molar-refractivity contribution in [1.82, 2.24) is 0 Å². The minimum Gasteiger partial charge on any atom is -0.409 e. The van der Waals surface area contributed by atoms with Crippen LogP contribution in [0.2, 0.25) is 0 Å². The number of anilines is 1. The maximum Gasteiger partial charge on any atom is 0.175 e. The summed E-state index contributed by atoms with van der Waals surface area (Å²) in [5, 5.41) is 11.9. The fourth-order valence-corrected chi connectivity index (χ4v) is 3.45. The highest BCUT2D eigenvalue weighted by molar-refractivity contribution is 6.02. The zero-order valence-corrected chi connectivity index (χ0v) is 11.8. The van der Waals surface area contributed by atoms with Crippen LogP contribution in [0.25, 0.3) is 0 Å². The number of halogens is 1. The second-order valence-electron chi connectivity index (χ2n) is 5.57. The third-order valence-electron chi connectivity index (χ3n) is 4.40. The van der Waals surface area contributed by atoms with Crippen molar-refractivity contribution >= 4 is 11.5 Å². The first-order valence-electron chi connectivity index (χ1n) is 7.37. The third kappa shape index (κ3) is 2.55. The number of morpholine rings is 1. The molecule has 2 unspecified atom stereocenters. The SMILES string of the molecule is NC(=NO)c1c(F)cccc1N1CCOC2CCCCC21. The molecule has 2 fully saturated rings. The minimum absolute atomic E-state index is 0.172. The van der Waals surface area contributed by atoms with Gasteiger partial charge in [-0.2, -0.15) is 0 Å². The van der Waals surface area contributed by atoms with Crippen LogP contribution in [-0.2, 0) is 4.74 Å². The number of benzene rings is 1. The van der Waals surface area contributed by atoms with Crippen molar-refractivity contribution in [2.75, 3.05) is 18.1 Å². The fourth-order valence-electron chi connectivity index (χ4n) is 3.45. The quantitative estimate of drug-likeness (QED) is 0.379. The highest BCUT2D eigenvalue weighted by atomic mass is 19.1. The second-order valence-corrected chi connectivity index (χ2v) is 5.57. The Kier molecular flexibility index (Phi) is 3.96. The molecule has 1 heterocycles.